The first kappa shape index (κ1) is 19.0. The van der Waals surface area contributed by atoms with Crippen LogP contribution in [0, 0.1) is 6.92 Å². The van der Waals surface area contributed by atoms with Crippen LogP contribution in [0.1, 0.15) is 16.7 Å². The summed E-state index contributed by atoms with van der Waals surface area (Å²) < 4.78 is 6.92. The van der Waals surface area contributed by atoms with Crippen molar-refractivity contribution < 1.29 is 4.74 Å². The van der Waals surface area contributed by atoms with Crippen molar-refractivity contribution in [1.29, 1.82) is 0 Å². The van der Waals surface area contributed by atoms with E-state index in [0.717, 1.165) is 27.0 Å². The van der Waals surface area contributed by atoms with Gasteiger partial charge in [-0.1, -0.05) is 62.9 Å². The van der Waals surface area contributed by atoms with Gasteiger partial charge in [-0.2, -0.15) is 0 Å². The van der Waals surface area contributed by atoms with Gasteiger partial charge in [-0.05, 0) is 49.4 Å². The van der Waals surface area contributed by atoms with Crippen molar-refractivity contribution in [2.24, 2.45) is 4.99 Å². The molecule has 0 atom stereocenters. The Balaban J connectivity index is 1.80. The number of aliphatic imine (C=N–C) groups is 1. The standard InChI is InChI=1S/C21H16BrCl2NO/c1-14-2-7-19(8-3-14)25-12-16-10-17(22)5-9-21(16)26-13-15-4-6-18(23)11-20(15)24/h2-12H,13H2,1H3. The molecular weight excluding hydrogens is 433 g/mol. The Morgan fingerprint density at radius 3 is 2.50 bits per heavy atom. The zero-order valence-corrected chi connectivity index (χ0v) is 17.1. The lowest BCUT2D eigenvalue weighted by Gasteiger charge is -2.11. The number of ether oxygens (including phenoxy) is 1. The van der Waals surface area contributed by atoms with Gasteiger partial charge >= 0.3 is 0 Å². The Hall–Kier alpha value is -1.81. The largest absolute Gasteiger partial charge is 0.488 e. The van der Waals surface area contributed by atoms with E-state index >= 15 is 0 Å². The van der Waals surface area contributed by atoms with E-state index in [1.807, 2.05) is 48.5 Å². The number of hydrogen-bond acceptors (Lipinski definition) is 2. The number of aryl methyl sites for hydroxylation is 1. The van der Waals surface area contributed by atoms with E-state index in [0.29, 0.717) is 16.7 Å². The summed E-state index contributed by atoms with van der Waals surface area (Å²) in [5.41, 5.74) is 3.85. The fourth-order valence-corrected chi connectivity index (χ4v) is 3.16. The molecule has 0 aliphatic carbocycles. The summed E-state index contributed by atoms with van der Waals surface area (Å²) in [7, 11) is 0. The SMILES string of the molecule is Cc1ccc(N=Cc2cc(Br)ccc2OCc2ccc(Cl)cc2Cl)cc1. The molecule has 0 bridgehead atoms. The summed E-state index contributed by atoms with van der Waals surface area (Å²) in [5, 5.41) is 1.19. The third-order valence-electron chi connectivity index (χ3n) is 3.76. The maximum Gasteiger partial charge on any atom is 0.128 e. The van der Waals surface area contributed by atoms with Crippen LogP contribution in [0.2, 0.25) is 10.0 Å². The second-order valence-electron chi connectivity index (χ2n) is 5.80. The molecule has 3 rings (SSSR count). The van der Waals surface area contributed by atoms with Crippen LogP contribution < -0.4 is 4.74 Å². The van der Waals surface area contributed by atoms with Gasteiger partial charge in [-0.3, -0.25) is 4.99 Å². The third-order valence-corrected chi connectivity index (χ3v) is 4.84. The van der Waals surface area contributed by atoms with Gasteiger partial charge < -0.3 is 4.74 Å². The van der Waals surface area contributed by atoms with Crippen LogP contribution in [0.25, 0.3) is 0 Å². The van der Waals surface area contributed by atoms with E-state index < -0.39 is 0 Å². The van der Waals surface area contributed by atoms with Crippen LogP contribution in [0.5, 0.6) is 5.75 Å². The molecule has 0 fully saturated rings. The molecule has 26 heavy (non-hydrogen) atoms. The van der Waals surface area contributed by atoms with Crippen LogP contribution in [0.4, 0.5) is 5.69 Å². The summed E-state index contributed by atoms with van der Waals surface area (Å²) >= 11 is 15.6. The smallest absolute Gasteiger partial charge is 0.128 e. The molecule has 0 aliphatic rings. The highest BCUT2D eigenvalue weighted by molar-refractivity contribution is 9.10. The minimum Gasteiger partial charge on any atom is -0.488 e. The normalized spacial score (nSPS) is 11.1. The molecule has 0 heterocycles. The van der Waals surface area contributed by atoms with Crippen LogP contribution in [0.3, 0.4) is 0 Å². The van der Waals surface area contributed by atoms with E-state index in [1.54, 1.807) is 18.3 Å². The van der Waals surface area contributed by atoms with Gasteiger partial charge in [0.1, 0.15) is 12.4 Å². The predicted octanol–water partition coefficient (Wildman–Crippen LogP) is 7.39. The molecule has 5 heteroatoms. The Labute approximate surface area is 171 Å². The number of hydrogen-bond donors (Lipinski definition) is 0. The maximum atomic E-state index is 6.22. The second kappa shape index (κ2) is 8.72. The van der Waals surface area contributed by atoms with E-state index in [9.17, 15) is 0 Å². The summed E-state index contributed by atoms with van der Waals surface area (Å²) in [5.74, 6) is 0.732. The fraction of sp³-hybridized carbons (Fsp3) is 0.0952. The van der Waals surface area contributed by atoms with E-state index in [1.165, 1.54) is 5.56 Å². The molecule has 0 radical (unpaired) electrons. The van der Waals surface area contributed by atoms with Crippen molar-refractivity contribution >= 4 is 51.0 Å². The van der Waals surface area contributed by atoms with E-state index in [4.69, 9.17) is 27.9 Å². The fourth-order valence-electron chi connectivity index (χ4n) is 2.32. The van der Waals surface area contributed by atoms with Crippen molar-refractivity contribution in [1.82, 2.24) is 0 Å². The van der Waals surface area contributed by atoms with E-state index in [-0.39, 0.29) is 0 Å². The molecule has 2 nitrogen and oxygen atoms in total. The quantitative estimate of drug-likeness (QED) is 0.372. The lowest BCUT2D eigenvalue weighted by Crippen LogP contribution is -1.99. The summed E-state index contributed by atoms with van der Waals surface area (Å²) in [4.78, 5) is 4.53. The van der Waals surface area contributed by atoms with Gasteiger partial charge in [-0.15, -0.1) is 0 Å². The molecule has 0 spiro atoms. The molecule has 132 valence electrons. The van der Waals surface area contributed by atoms with Gasteiger partial charge in [-0.25, -0.2) is 0 Å². The zero-order chi connectivity index (χ0) is 18.5. The minimum atomic E-state index is 0.350. The molecule has 3 aromatic carbocycles. The monoisotopic (exact) mass is 447 g/mol. The average Bonchev–Trinajstić information content (AvgIpc) is 2.62. The van der Waals surface area contributed by atoms with Crippen LogP contribution >= 0.6 is 39.1 Å². The molecule has 0 aliphatic heterocycles. The first-order valence-corrected chi connectivity index (χ1v) is 9.53. The minimum absolute atomic E-state index is 0.350. The number of rotatable bonds is 5. The number of halogens is 3. The van der Waals surface area contributed by atoms with Gasteiger partial charge in [0.25, 0.3) is 0 Å². The first-order chi connectivity index (χ1) is 12.5. The van der Waals surface area contributed by atoms with Crippen LogP contribution in [-0.2, 0) is 6.61 Å². The second-order valence-corrected chi connectivity index (χ2v) is 7.56. The molecular formula is C21H16BrCl2NO. The van der Waals surface area contributed by atoms with Crippen molar-refractivity contribution in [2.75, 3.05) is 0 Å². The molecule has 0 unspecified atom stereocenters. The summed E-state index contributed by atoms with van der Waals surface area (Å²) in [6.07, 6.45) is 1.80. The first-order valence-electron chi connectivity index (χ1n) is 7.98. The Morgan fingerprint density at radius 1 is 1.00 bits per heavy atom. The molecule has 0 aromatic heterocycles. The van der Waals surface area contributed by atoms with Crippen LogP contribution in [-0.4, -0.2) is 6.21 Å². The van der Waals surface area contributed by atoms with Gasteiger partial charge in [0, 0.05) is 31.9 Å². The average molecular weight is 449 g/mol. The highest BCUT2D eigenvalue weighted by atomic mass is 79.9. The summed E-state index contributed by atoms with van der Waals surface area (Å²) in [6.45, 7) is 2.40. The van der Waals surface area contributed by atoms with Crippen molar-refractivity contribution in [2.45, 2.75) is 13.5 Å². The van der Waals surface area contributed by atoms with Crippen LogP contribution in [0.15, 0.2) is 70.1 Å². The highest BCUT2D eigenvalue weighted by Gasteiger charge is 2.06. The summed E-state index contributed by atoms with van der Waals surface area (Å²) in [6, 6.07) is 19.2. The highest BCUT2D eigenvalue weighted by Crippen LogP contribution is 2.26. The maximum absolute atomic E-state index is 6.22. The molecule has 0 saturated carbocycles. The Morgan fingerprint density at radius 2 is 1.77 bits per heavy atom. The molecule has 0 N–H and O–H groups in total. The van der Waals surface area contributed by atoms with Crippen molar-refractivity contribution in [3.05, 3.63) is 91.9 Å². The van der Waals surface area contributed by atoms with E-state index in [2.05, 4.69) is 27.8 Å². The van der Waals surface area contributed by atoms with Gasteiger partial charge in [0.15, 0.2) is 0 Å². The number of nitrogens with zero attached hydrogens (tertiary/aromatic N) is 1. The lowest BCUT2D eigenvalue weighted by molar-refractivity contribution is 0.306. The third kappa shape index (κ3) is 5.10. The Bertz CT molecular complexity index is 939. The molecule has 3 aromatic rings. The van der Waals surface area contributed by atoms with Gasteiger partial charge in [0.2, 0.25) is 0 Å². The number of benzene rings is 3. The van der Waals surface area contributed by atoms with Gasteiger partial charge in [0.05, 0.1) is 5.69 Å². The molecule has 0 amide bonds. The predicted molar refractivity (Wildman–Crippen MR) is 113 cm³/mol. The lowest BCUT2D eigenvalue weighted by atomic mass is 10.2. The van der Waals surface area contributed by atoms with Crippen molar-refractivity contribution in [3.8, 4) is 5.75 Å². The Kier molecular flexibility index (Phi) is 6.36. The van der Waals surface area contributed by atoms with Crippen molar-refractivity contribution in [3.63, 3.8) is 0 Å². The molecule has 0 saturated heterocycles. The zero-order valence-electron chi connectivity index (χ0n) is 14.0. The topological polar surface area (TPSA) is 21.6 Å².